The highest BCUT2D eigenvalue weighted by Gasteiger charge is 2.45. The number of sulfonamides is 1. The Morgan fingerprint density at radius 1 is 1.44 bits per heavy atom. The minimum absolute atomic E-state index is 0.0532. The van der Waals surface area contributed by atoms with E-state index in [1.165, 1.54) is 6.07 Å². The lowest BCUT2D eigenvalue weighted by molar-refractivity contribution is 0.555. The van der Waals surface area contributed by atoms with Crippen LogP contribution in [0.1, 0.15) is 31.4 Å². The number of hydrogen-bond acceptors (Lipinski definition) is 6. The molecule has 0 spiro atoms. The van der Waals surface area contributed by atoms with Crippen molar-refractivity contribution in [3.63, 3.8) is 0 Å². The first kappa shape index (κ1) is 13.9. The Balaban J connectivity index is 2.58. The first-order valence-electron chi connectivity index (χ1n) is 5.35. The molecule has 9 heteroatoms. The van der Waals surface area contributed by atoms with Crippen LogP contribution in [0.5, 0.6) is 0 Å². The van der Waals surface area contributed by atoms with E-state index in [1.54, 1.807) is 0 Å². The maximum absolute atomic E-state index is 12.2. The van der Waals surface area contributed by atoms with Crippen molar-refractivity contribution in [2.45, 2.75) is 39.5 Å². The molecule has 1 aliphatic heterocycles. The van der Waals surface area contributed by atoms with E-state index in [0.29, 0.717) is 29.7 Å². The topological polar surface area (TPSA) is 120 Å². The molecule has 1 aliphatic rings. The van der Waals surface area contributed by atoms with E-state index >= 15 is 0 Å². The predicted octanol–water partition coefficient (Wildman–Crippen LogP) is 0.351. The van der Waals surface area contributed by atoms with Gasteiger partial charge in [0.2, 0.25) is 10.0 Å². The summed E-state index contributed by atoms with van der Waals surface area (Å²) in [7, 11) is -7.41. The molecule has 2 atom stereocenters. The molecular formula is C9H14N2O4S3. The number of primary sulfonamides is 1. The monoisotopic (exact) mass is 310 g/mol. The second-order valence-electron chi connectivity index (χ2n) is 4.25. The number of hydrogen-bond donors (Lipinski definition) is 2. The van der Waals surface area contributed by atoms with Gasteiger partial charge in [0.25, 0.3) is 0 Å². The van der Waals surface area contributed by atoms with Crippen molar-refractivity contribution in [1.29, 1.82) is 0 Å². The molecule has 2 heterocycles. The first-order chi connectivity index (χ1) is 8.19. The summed E-state index contributed by atoms with van der Waals surface area (Å²) >= 11 is 0.688. The van der Waals surface area contributed by atoms with Crippen molar-refractivity contribution >= 4 is 31.2 Å². The van der Waals surface area contributed by atoms with Crippen LogP contribution in [-0.2, 0) is 19.9 Å². The summed E-state index contributed by atoms with van der Waals surface area (Å²) in [5.41, 5.74) is 6.28. The summed E-state index contributed by atoms with van der Waals surface area (Å²) in [4.78, 5) is 0. The SMILES string of the molecule is CCCC1C(N)c2cc(S(N)(=O)=O)sc2S1(=O)=O. The van der Waals surface area contributed by atoms with Gasteiger partial charge in [-0.1, -0.05) is 13.3 Å². The molecule has 0 aromatic carbocycles. The smallest absolute Gasteiger partial charge is 0.247 e. The minimum Gasteiger partial charge on any atom is -0.323 e. The zero-order valence-electron chi connectivity index (χ0n) is 9.66. The van der Waals surface area contributed by atoms with Gasteiger partial charge in [-0.05, 0) is 12.5 Å². The fourth-order valence-corrected chi connectivity index (χ4v) is 6.94. The molecule has 18 heavy (non-hydrogen) atoms. The summed E-state index contributed by atoms with van der Waals surface area (Å²) in [6.07, 6.45) is 1.17. The average Bonchev–Trinajstić information content (AvgIpc) is 2.74. The van der Waals surface area contributed by atoms with E-state index in [9.17, 15) is 16.8 Å². The number of fused-ring (bicyclic) bond motifs is 1. The van der Waals surface area contributed by atoms with Crippen molar-refractivity contribution in [2.24, 2.45) is 10.9 Å². The zero-order chi connectivity index (χ0) is 13.7. The Bertz CT molecular complexity index is 675. The van der Waals surface area contributed by atoms with Crippen LogP contribution >= 0.6 is 11.3 Å². The lowest BCUT2D eigenvalue weighted by Gasteiger charge is -2.13. The average molecular weight is 310 g/mol. The molecule has 0 aliphatic carbocycles. The van der Waals surface area contributed by atoms with E-state index in [-0.39, 0.29) is 8.42 Å². The maximum atomic E-state index is 12.2. The zero-order valence-corrected chi connectivity index (χ0v) is 12.1. The Hall–Kier alpha value is -0.480. The highest BCUT2D eigenvalue weighted by atomic mass is 32.3. The van der Waals surface area contributed by atoms with Gasteiger partial charge in [0.15, 0.2) is 9.84 Å². The first-order valence-corrected chi connectivity index (χ1v) is 9.26. The summed E-state index contributed by atoms with van der Waals surface area (Å²) in [6.45, 7) is 1.88. The standard InChI is InChI=1S/C9H14N2O4S3/c1-2-3-6-8(10)5-4-7(18(11,14)15)16-9(5)17(6,12)13/h4,6,8H,2-3,10H2,1H3,(H2,11,14,15). The van der Waals surface area contributed by atoms with Crippen molar-refractivity contribution < 1.29 is 16.8 Å². The van der Waals surface area contributed by atoms with Gasteiger partial charge in [-0.25, -0.2) is 22.0 Å². The van der Waals surface area contributed by atoms with Crippen LogP contribution in [0.3, 0.4) is 0 Å². The Labute approximate surface area is 110 Å². The molecule has 2 unspecified atom stereocenters. The van der Waals surface area contributed by atoms with Gasteiger partial charge < -0.3 is 5.73 Å². The molecule has 0 saturated carbocycles. The lowest BCUT2D eigenvalue weighted by atomic mass is 10.1. The Kier molecular flexibility index (Phi) is 3.31. The molecule has 0 saturated heterocycles. The number of sulfone groups is 1. The third kappa shape index (κ3) is 1.99. The maximum Gasteiger partial charge on any atom is 0.247 e. The van der Waals surface area contributed by atoms with Crippen LogP contribution in [-0.4, -0.2) is 22.1 Å². The van der Waals surface area contributed by atoms with Gasteiger partial charge >= 0.3 is 0 Å². The van der Waals surface area contributed by atoms with Crippen molar-refractivity contribution in [3.8, 4) is 0 Å². The molecule has 0 bridgehead atoms. The lowest BCUT2D eigenvalue weighted by Crippen LogP contribution is -2.26. The summed E-state index contributed by atoms with van der Waals surface area (Å²) in [5.74, 6) is 0. The van der Waals surface area contributed by atoms with Crippen molar-refractivity contribution in [1.82, 2.24) is 0 Å². The quantitative estimate of drug-likeness (QED) is 0.834. The summed E-state index contributed by atoms with van der Waals surface area (Å²) in [6, 6.07) is 0.615. The van der Waals surface area contributed by atoms with Crippen LogP contribution in [0.25, 0.3) is 0 Å². The van der Waals surface area contributed by atoms with E-state index in [2.05, 4.69) is 0 Å². The van der Waals surface area contributed by atoms with Crippen LogP contribution in [0.15, 0.2) is 14.5 Å². The molecule has 0 fully saturated rings. The highest BCUT2D eigenvalue weighted by Crippen LogP contribution is 2.45. The fourth-order valence-electron chi connectivity index (χ4n) is 2.11. The van der Waals surface area contributed by atoms with Gasteiger partial charge in [0, 0.05) is 11.6 Å². The molecule has 0 radical (unpaired) electrons. The molecule has 1 aromatic heterocycles. The van der Waals surface area contributed by atoms with Crippen molar-refractivity contribution in [3.05, 3.63) is 11.6 Å². The van der Waals surface area contributed by atoms with Gasteiger partial charge in [-0.15, -0.1) is 11.3 Å². The summed E-state index contributed by atoms with van der Waals surface area (Å²) < 4.78 is 46.8. The summed E-state index contributed by atoms with van der Waals surface area (Å²) in [5, 5.41) is 4.34. The number of nitrogens with two attached hydrogens (primary N) is 2. The van der Waals surface area contributed by atoms with E-state index in [1.807, 2.05) is 6.92 Å². The minimum atomic E-state index is -3.89. The normalized spacial score (nSPS) is 26.2. The second kappa shape index (κ2) is 4.27. The van der Waals surface area contributed by atoms with E-state index in [4.69, 9.17) is 10.9 Å². The second-order valence-corrected chi connectivity index (χ2v) is 9.45. The van der Waals surface area contributed by atoms with Gasteiger partial charge in [0.05, 0.1) is 5.25 Å². The largest absolute Gasteiger partial charge is 0.323 e. The molecular weight excluding hydrogens is 296 g/mol. The van der Waals surface area contributed by atoms with Crippen molar-refractivity contribution in [2.75, 3.05) is 0 Å². The van der Waals surface area contributed by atoms with Gasteiger partial charge in [-0.2, -0.15) is 0 Å². The molecule has 102 valence electrons. The molecule has 4 N–H and O–H groups in total. The van der Waals surface area contributed by atoms with Crippen LogP contribution in [0.2, 0.25) is 0 Å². The fraction of sp³-hybridized carbons (Fsp3) is 0.556. The van der Waals surface area contributed by atoms with E-state index < -0.39 is 31.2 Å². The van der Waals surface area contributed by atoms with Gasteiger partial charge in [-0.3, -0.25) is 0 Å². The third-order valence-electron chi connectivity index (χ3n) is 2.97. The van der Waals surface area contributed by atoms with Crippen LogP contribution < -0.4 is 10.9 Å². The number of thiophene rings is 1. The van der Waals surface area contributed by atoms with Gasteiger partial charge in [0.1, 0.15) is 8.42 Å². The highest BCUT2D eigenvalue weighted by molar-refractivity contribution is 7.95. The molecule has 0 amide bonds. The third-order valence-corrected chi connectivity index (χ3v) is 8.36. The molecule has 1 aromatic rings. The molecule has 6 nitrogen and oxygen atoms in total. The number of rotatable bonds is 3. The van der Waals surface area contributed by atoms with E-state index in [0.717, 1.165) is 0 Å². The van der Waals surface area contributed by atoms with Crippen LogP contribution in [0.4, 0.5) is 0 Å². The predicted molar refractivity (Wildman–Crippen MR) is 68.5 cm³/mol. The molecule has 2 rings (SSSR count). The Morgan fingerprint density at radius 2 is 2.06 bits per heavy atom. The Morgan fingerprint density at radius 3 is 2.50 bits per heavy atom. The van der Waals surface area contributed by atoms with Crippen LogP contribution in [0, 0.1) is 0 Å².